The van der Waals surface area contributed by atoms with Crippen molar-refractivity contribution < 1.29 is 0 Å². The number of aromatic nitrogens is 1. The smallest absolute Gasteiger partial charge is 0.126 e. The maximum Gasteiger partial charge on any atom is 0.126 e. The van der Waals surface area contributed by atoms with Crippen molar-refractivity contribution in [2.75, 3.05) is 5.32 Å². The van der Waals surface area contributed by atoms with E-state index in [9.17, 15) is 0 Å². The molecule has 0 bridgehead atoms. The van der Waals surface area contributed by atoms with E-state index in [4.69, 9.17) is 18.0 Å². The molecular weight excluding hydrogens is 242 g/mol. The molecule has 98 valence electrons. The summed E-state index contributed by atoms with van der Waals surface area (Å²) in [6, 6.07) is 4.41. The van der Waals surface area contributed by atoms with Crippen LogP contribution in [0, 0.1) is 11.8 Å². The van der Waals surface area contributed by atoms with E-state index in [2.05, 4.69) is 24.1 Å². The van der Waals surface area contributed by atoms with Gasteiger partial charge in [-0.1, -0.05) is 38.9 Å². The van der Waals surface area contributed by atoms with E-state index in [1.165, 1.54) is 19.3 Å². The van der Waals surface area contributed by atoms with Gasteiger partial charge >= 0.3 is 0 Å². The maximum atomic E-state index is 5.56. The first-order chi connectivity index (χ1) is 8.58. The lowest BCUT2D eigenvalue weighted by Crippen LogP contribution is -2.35. The summed E-state index contributed by atoms with van der Waals surface area (Å²) in [5.74, 6) is 2.39. The van der Waals surface area contributed by atoms with Crippen LogP contribution in [0.15, 0.2) is 18.3 Å². The Bertz CT molecular complexity index is 416. The predicted molar refractivity (Wildman–Crippen MR) is 79.7 cm³/mol. The van der Waals surface area contributed by atoms with E-state index < -0.39 is 0 Å². The lowest BCUT2D eigenvalue weighted by Gasteiger charge is -2.34. The Kier molecular flexibility index (Phi) is 4.17. The molecule has 1 aliphatic rings. The molecule has 1 heterocycles. The Labute approximate surface area is 114 Å². The zero-order chi connectivity index (χ0) is 13.1. The van der Waals surface area contributed by atoms with Crippen molar-refractivity contribution in [3.63, 3.8) is 0 Å². The van der Waals surface area contributed by atoms with Crippen LogP contribution in [0.1, 0.15) is 38.7 Å². The van der Waals surface area contributed by atoms with Gasteiger partial charge < -0.3 is 11.1 Å². The van der Waals surface area contributed by atoms with Crippen molar-refractivity contribution in [3.05, 3.63) is 23.9 Å². The molecule has 18 heavy (non-hydrogen) atoms. The summed E-state index contributed by atoms with van der Waals surface area (Å²) in [7, 11) is 0. The first-order valence-corrected chi connectivity index (χ1v) is 7.01. The van der Waals surface area contributed by atoms with Crippen LogP contribution < -0.4 is 11.1 Å². The number of thiocarbonyl (C=S) groups is 1. The molecule has 1 aliphatic carbocycles. The molecule has 3 unspecified atom stereocenters. The fourth-order valence-electron chi connectivity index (χ4n) is 2.60. The van der Waals surface area contributed by atoms with Crippen LogP contribution in [-0.4, -0.2) is 16.0 Å². The van der Waals surface area contributed by atoms with Gasteiger partial charge in [0, 0.05) is 17.8 Å². The van der Waals surface area contributed by atoms with E-state index in [0.29, 0.717) is 16.9 Å². The summed E-state index contributed by atoms with van der Waals surface area (Å²) >= 11 is 4.92. The molecule has 3 N–H and O–H groups in total. The van der Waals surface area contributed by atoms with Gasteiger partial charge in [0.05, 0.1) is 0 Å². The van der Waals surface area contributed by atoms with Gasteiger partial charge in [0.25, 0.3) is 0 Å². The highest BCUT2D eigenvalue weighted by Gasteiger charge is 2.26. The third-order valence-electron chi connectivity index (χ3n) is 4.09. The first-order valence-electron chi connectivity index (χ1n) is 6.60. The van der Waals surface area contributed by atoms with Gasteiger partial charge in [-0.05, 0) is 30.4 Å². The van der Waals surface area contributed by atoms with Crippen molar-refractivity contribution >= 4 is 23.0 Å². The average Bonchev–Trinajstić information content (AvgIpc) is 2.36. The molecule has 2 rings (SSSR count). The highest BCUT2D eigenvalue weighted by atomic mass is 32.1. The number of pyridine rings is 1. The SMILES string of the molecule is CC1CCCC(Nc2ccc(C(N)=S)cn2)C1C. The van der Waals surface area contributed by atoms with Crippen LogP contribution >= 0.6 is 12.2 Å². The van der Waals surface area contributed by atoms with Gasteiger partial charge in [0.2, 0.25) is 0 Å². The third-order valence-corrected chi connectivity index (χ3v) is 4.32. The van der Waals surface area contributed by atoms with Gasteiger partial charge in [-0.2, -0.15) is 0 Å². The molecule has 0 saturated heterocycles. The van der Waals surface area contributed by atoms with E-state index in [1.807, 2.05) is 12.1 Å². The van der Waals surface area contributed by atoms with Crippen LogP contribution in [0.25, 0.3) is 0 Å². The zero-order valence-corrected chi connectivity index (χ0v) is 11.8. The first kappa shape index (κ1) is 13.3. The van der Waals surface area contributed by atoms with Crippen LogP contribution in [0.2, 0.25) is 0 Å². The predicted octanol–water partition coefficient (Wildman–Crippen LogP) is 2.95. The molecule has 1 saturated carbocycles. The fraction of sp³-hybridized carbons (Fsp3) is 0.571. The van der Waals surface area contributed by atoms with Crippen molar-refractivity contribution in [3.8, 4) is 0 Å². The normalized spacial score (nSPS) is 27.8. The molecule has 4 heteroatoms. The Morgan fingerprint density at radius 1 is 1.39 bits per heavy atom. The molecule has 0 amide bonds. The van der Waals surface area contributed by atoms with E-state index >= 15 is 0 Å². The van der Waals surface area contributed by atoms with Crippen molar-refractivity contribution in [1.29, 1.82) is 0 Å². The van der Waals surface area contributed by atoms with Crippen LogP contribution in [0.5, 0.6) is 0 Å². The van der Waals surface area contributed by atoms with Crippen LogP contribution in [-0.2, 0) is 0 Å². The summed E-state index contributed by atoms with van der Waals surface area (Å²) in [5, 5.41) is 3.53. The molecule has 1 aromatic rings. The molecule has 1 aromatic heterocycles. The average molecular weight is 263 g/mol. The molecular formula is C14H21N3S. The summed E-state index contributed by atoms with van der Waals surface area (Å²) in [6.45, 7) is 4.66. The lowest BCUT2D eigenvalue weighted by atomic mass is 9.78. The van der Waals surface area contributed by atoms with E-state index in [-0.39, 0.29) is 0 Å². The number of nitrogens with zero attached hydrogens (tertiary/aromatic N) is 1. The number of nitrogens with two attached hydrogens (primary N) is 1. The fourth-order valence-corrected chi connectivity index (χ4v) is 2.72. The van der Waals surface area contributed by atoms with Crippen LogP contribution in [0.3, 0.4) is 0 Å². The second-order valence-electron chi connectivity index (χ2n) is 5.31. The second-order valence-corrected chi connectivity index (χ2v) is 5.75. The molecule has 3 nitrogen and oxygen atoms in total. The summed E-state index contributed by atoms with van der Waals surface area (Å²) < 4.78 is 0. The Balaban J connectivity index is 2.02. The Morgan fingerprint density at radius 3 is 2.78 bits per heavy atom. The topological polar surface area (TPSA) is 50.9 Å². The Morgan fingerprint density at radius 2 is 2.17 bits per heavy atom. The van der Waals surface area contributed by atoms with Gasteiger partial charge in [-0.3, -0.25) is 0 Å². The number of hydrogen-bond donors (Lipinski definition) is 2. The largest absolute Gasteiger partial charge is 0.389 e. The number of hydrogen-bond acceptors (Lipinski definition) is 3. The molecule has 0 aliphatic heterocycles. The lowest BCUT2D eigenvalue weighted by molar-refractivity contribution is 0.253. The monoisotopic (exact) mass is 263 g/mol. The minimum Gasteiger partial charge on any atom is -0.389 e. The summed E-state index contributed by atoms with van der Waals surface area (Å²) in [4.78, 5) is 4.77. The molecule has 0 aromatic carbocycles. The number of anilines is 1. The Hall–Kier alpha value is -1.16. The van der Waals surface area contributed by atoms with Crippen molar-refractivity contribution in [1.82, 2.24) is 4.98 Å². The molecule has 3 atom stereocenters. The number of nitrogens with one attached hydrogen (secondary N) is 1. The highest BCUT2D eigenvalue weighted by Crippen LogP contribution is 2.31. The quantitative estimate of drug-likeness (QED) is 0.823. The van der Waals surface area contributed by atoms with Crippen molar-refractivity contribution in [2.24, 2.45) is 17.6 Å². The van der Waals surface area contributed by atoms with Gasteiger partial charge in [0.15, 0.2) is 0 Å². The van der Waals surface area contributed by atoms with E-state index in [0.717, 1.165) is 17.3 Å². The van der Waals surface area contributed by atoms with Crippen LogP contribution in [0.4, 0.5) is 5.82 Å². The third kappa shape index (κ3) is 2.99. The van der Waals surface area contributed by atoms with Gasteiger partial charge in [-0.25, -0.2) is 4.98 Å². The van der Waals surface area contributed by atoms with Gasteiger partial charge in [0.1, 0.15) is 10.8 Å². The minimum absolute atomic E-state index is 0.397. The molecule has 0 radical (unpaired) electrons. The molecule has 0 spiro atoms. The maximum absolute atomic E-state index is 5.56. The highest BCUT2D eigenvalue weighted by molar-refractivity contribution is 7.80. The standard InChI is InChI=1S/C14H21N3S/c1-9-4-3-5-12(10(9)2)17-13-7-6-11(8-16-13)14(15)18/h6-10,12H,3-5H2,1-2H3,(H2,15,18)(H,16,17). The zero-order valence-electron chi connectivity index (χ0n) is 11.0. The summed E-state index contributed by atoms with van der Waals surface area (Å²) in [6.07, 6.45) is 5.60. The van der Waals surface area contributed by atoms with Gasteiger partial charge in [-0.15, -0.1) is 0 Å². The van der Waals surface area contributed by atoms with E-state index in [1.54, 1.807) is 6.20 Å². The summed E-state index contributed by atoms with van der Waals surface area (Å²) in [5.41, 5.74) is 6.38. The molecule has 1 fully saturated rings. The number of rotatable bonds is 3. The second kappa shape index (κ2) is 5.65. The minimum atomic E-state index is 0.397. The van der Waals surface area contributed by atoms with Crippen molar-refractivity contribution in [2.45, 2.75) is 39.2 Å².